The third-order valence-electron chi connectivity index (χ3n) is 1.64. The van der Waals surface area contributed by atoms with Crippen LogP contribution in [0.3, 0.4) is 0 Å². The molecule has 0 radical (unpaired) electrons. The zero-order valence-electron chi connectivity index (χ0n) is 7.66. The molecule has 1 aromatic carbocycles. The van der Waals surface area contributed by atoms with Gasteiger partial charge in [-0.2, -0.15) is 0 Å². The van der Waals surface area contributed by atoms with Gasteiger partial charge in [0.15, 0.2) is 0 Å². The smallest absolute Gasteiger partial charge is 0.353 e. The zero-order chi connectivity index (χ0) is 10.6. The van der Waals surface area contributed by atoms with Crippen molar-refractivity contribution in [2.24, 2.45) is 5.73 Å². The summed E-state index contributed by atoms with van der Waals surface area (Å²) in [5.74, 6) is -0.527. The van der Waals surface area contributed by atoms with Gasteiger partial charge in [-0.25, -0.2) is 4.79 Å². The maximum absolute atomic E-state index is 11.0. The van der Waals surface area contributed by atoms with Crippen LogP contribution >= 0.6 is 15.9 Å². The molecule has 1 aromatic rings. The highest BCUT2D eigenvalue weighted by atomic mass is 79.9. The van der Waals surface area contributed by atoms with Gasteiger partial charge in [0.1, 0.15) is 5.70 Å². The van der Waals surface area contributed by atoms with Crippen molar-refractivity contribution in [2.75, 3.05) is 7.11 Å². The number of ether oxygens (including phenoxy) is 1. The summed E-state index contributed by atoms with van der Waals surface area (Å²) >= 11 is 3.34. The summed E-state index contributed by atoms with van der Waals surface area (Å²) in [4.78, 5) is 11.0. The van der Waals surface area contributed by atoms with Crippen molar-refractivity contribution in [2.45, 2.75) is 0 Å². The number of hydrogen-bond donors (Lipinski definition) is 1. The molecular weight excluding hydrogens is 246 g/mol. The molecular formula is C10H10BrNO2. The lowest BCUT2D eigenvalue weighted by Gasteiger charge is -2.00. The summed E-state index contributed by atoms with van der Waals surface area (Å²) in [6.07, 6.45) is 1.57. The summed E-state index contributed by atoms with van der Waals surface area (Å²) in [6.45, 7) is 0. The van der Waals surface area contributed by atoms with Gasteiger partial charge in [0.2, 0.25) is 0 Å². The lowest BCUT2D eigenvalue weighted by Crippen LogP contribution is -2.12. The first-order chi connectivity index (χ1) is 6.65. The largest absolute Gasteiger partial charge is 0.464 e. The van der Waals surface area contributed by atoms with Crippen molar-refractivity contribution < 1.29 is 9.53 Å². The summed E-state index contributed by atoms with van der Waals surface area (Å²) in [6, 6.07) is 7.47. The first kappa shape index (κ1) is 10.8. The van der Waals surface area contributed by atoms with E-state index in [1.165, 1.54) is 7.11 Å². The monoisotopic (exact) mass is 255 g/mol. The number of esters is 1. The van der Waals surface area contributed by atoms with Crippen LogP contribution in [-0.4, -0.2) is 13.1 Å². The fourth-order valence-electron chi connectivity index (χ4n) is 0.936. The summed E-state index contributed by atoms with van der Waals surface area (Å²) < 4.78 is 5.36. The first-order valence-electron chi connectivity index (χ1n) is 3.95. The molecule has 0 saturated heterocycles. The Kier molecular flexibility index (Phi) is 3.71. The molecule has 0 aliphatic rings. The van der Waals surface area contributed by atoms with Crippen LogP contribution < -0.4 is 5.73 Å². The molecule has 74 valence electrons. The van der Waals surface area contributed by atoms with Crippen molar-refractivity contribution in [1.82, 2.24) is 0 Å². The Morgan fingerprint density at radius 3 is 2.71 bits per heavy atom. The second-order valence-electron chi connectivity index (χ2n) is 2.61. The van der Waals surface area contributed by atoms with Gasteiger partial charge in [0.25, 0.3) is 0 Å². The van der Waals surface area contributed by atoms with Gasteiger partial charge in [-0.3, -0.25) is 0 Å². The van der Waals surface area contributed by atoms with Crippen molar-refractivity contribution in [3.8, 4) is 0 Å². The zero-order valence-corrected chi connectivity index (χ0v) is 9.24. The maximum Gasteiger partial charge on any atom is 0.353 e. The first-order valence-corrected chi connectivity index (χ1v) is 4.74. The third-order valence-corrected chi connectivity index (χ3v) is 2.36. The number of methoxy groups -OCH3 is 1. The molecule has 0 aromatic heterocycles. The van der Waals surface area contributed by atoms with Crippen LogP contribution in [0.15, 0.2) is 34.4 Å². The topological polar surface area (TPSA) is 52.3 Å². The van der Waals surface area contributed by atoms with Crippen LogP contribution in [0.25, 0.3) is 6.08 Å². The van der Waals surface area contributed by atoms with Crippen LogP contribution in [0.1, 0.15) is 5.56 Å². The summed E-state index contributed by atoms with van der Waals surface area (Å²) in [5.41, 5.74) is 6.42. The van der Waals surface area contributed by atoms with Gasteiger partial charge >= 0.3 is 5.97 Å². The van der Waals surface area contributed by atoms with Crippen molar-refractivity contribution in [3.05, 3.63) is 40.0 Å². The van der Waals surface area contributed by atoms with Crippen LogP contribution in [0.5, 0.6) is 0 Å². The van der Waals surface area contributed by atoms with E-state index in [1.54, 1.807) is 6.08 Å². The highest BCUT2D eigenvalue weighted by molar-refractivity contribution is 9.10. The molecule has 0 amide bonds. The molecule has 0 unspecified atom stereocenters. The van der Waals surface area contributed by atoms with E-state index in [-0.39, 0.29) is 5.70 Å². The molecule has 3 nitrogen and oxygen atoms in total. The second-order valence-corrected chi connectivity index (χ2v) is 3.47. The summed E-state index contributed by atoms with van der Waals surface area (Å²) in [5, 5.41) is 0. The Hall–Kier alpha value is -1.29. The molecule has 4 heteroatoms. The molecule has 0 saturated carbocycles. The average molecular weight is 256 g/mol. The highest BCUT2D eigenvalue weighted by Crippen LogP contribution is 2.17. The number of rotatable bonds is 2. The Labute approximate surface area is 90.7 Å². The number of carbonyl (C=O) groups excluding carboxylic acids is 1. The molecule has 0 aliphatic carbocycles. The van der Waals surface area contributed by atoms with E-state index in [0.29, 0.717) is 0 Å². The van der Waals surface area contributed by atoms with Crippen LogP contribution in [0.4, 0.5) is 0 Å². The molecule has 14 heavy (non-hydrogen) atoms. The molecule has 0 aliphatic heterocycles. The predicted octanol–water partition coefficient (Wildman–Crippen LogP) is 1.92. The van der Waals surface area contributed by atoms with E-state index < -0.39 is 5.97 Å². The fourth-order valence-corrected chi connectivity index (χ4v) is 1.34. The minimum atomic E-state index is -0.527. The SMILES string of the molecule is COC(=O)C(N)=Cc1ccccc1Br. The molecule has 0 atom stereocenters. The van der Waals surface area contributed by atoms with E-state index in [1.807, 2.05) is 24.3 Å². The molecule has 1 rings (SSSR count). The van der Waals surface area contributed by atoms with Crippen LogP contribution in [0, 0.1) is 0 Å². The summed E-state index contributed by atoms with van der Waals surface area (Å²) in [7, 11) is 1.29. The molecule has 2 N–H and O–H groups in total. The predicted molar refractivity (Wildman–Crippen MR) is 58.3 cm³/mol. The maximum atomic E-state index is 11.0. The average Bonchev–Trinajstić information content (AvgIpc) is 2.20. The second kappa shape index (κ2) is 4.81. The Balaban J connectivity index is 2.97. The number of halogens is 1. The standard InChI is InChI=1S/C10H10BrNO2/c1-14-10(13)9(12)6-7-4-2-3-5-8(7)11/h2-6H,12H2,1H3. The highest BCUT2D eigenvalue weighted by Gasteiger charge is 2.04. The van der Waals surface area contributed by atoms with Crippen molar-refractivity contribution in [3.63, 3.8) is 0 Å². The van der Waals surface area contributed by atoms with Gasteiger partial charge in [0, 0.05) is 4.47 Å². The number of nitrogens with two attached hydrogens (primary N) is 1. The Bertz CT molecular complexity index is 374. The Morgan fingerprint density at radius 1 is 1.50 bits per heavy atom. The van der Waals surface area contributed by atoms with Crippen LogP contribution in [-0.2, 0) is 9.53 Å². The van der Waals surface area contributed by atoms with Gasteiger partial charge in [-0.1, -0.05) is 34.1 Å². The number of carbonyl (C=O) groups is 1. The number of benzene rings is 1. The van der Waals surface area contributed by atoms with Gasteiger partial charge in [-0.05, 0) is 17.7 Å². The Morgan fingerprint density at radius 2 is 2.14 bits per heavy atom. The quantitative estimate of drug-likeness (QED) is 0.649. The molecule has 0 spiro atoms. The van der Waals surface area contributed by atoms with Crippen molar-refractivity contribution >= 4 is 28.0 Å². The van der Waals surface area contributed by atoms with E-state index in [9.17, 15) is 4.79 Å². The third kappa shape index (κ3) is 2.60. The molecule has 0 bridgehead atoms. The van der Waals surface area contributed by atoms with E-state index in [2.05, 4.69) is 20.7 Å². The minimum absolute atomic E-state index is 0.0828. The van der Waals surface area contributed by atoms with Gasteiger partial charge < -0.3 is 10.5 Å². The van der Waals surface area contributed by atoms with E-state index in [4.69, 9.17) is 5.73 Å². The van der Waals surface area contributed by atoms with E-state index >= 15 is 0 Å². The fraction of sp³-hybridized carbons (Fsp3) is 0.100. The number of hydrogen-bond acceptors (Lipinski definition) is 3. The van der Waals surface area contributed by atoms with Gasteiger partial charge in [-0.15, -0.1) is 0 Å². The van der Waals surface area contributed by atoms with Gasteiger partial charge in [0.05, 0.1) is 7.11 Å². The van der Waals surface area contributed by atoms with Crippen molar-refractivity contribution in [1.29, 1.82) is 0 Å². The van der Waals surface area contributed by atoms with Crippen LogP contribution in [0.2, 0.25) is 0 Å². The molecule has 0 heterocycles. The minimum Gasteiger partial charge on any atom is -0.464 e. The van der Waals surface area contributed by atoms with E-state index in [0.717, 1.165) is 10.0 Å². The normalized spacial score (nSPS) is 11.1. The molecule has 0 fully saturated rings. The lowest BCUT2D eigenvalue weighted by molar-refractivity contribution is -0.136. The lowest BCUT2D eigenvalue weighted by atomic mass is 10.2.